The lowest BCUT2D eigenvalue weighted by Crippen LogP contribution is -2.11. The Morgan fingerprint density at radius 2 is 2.08 bits per heavy atom. The van der Waals surface area contributed by atoms with Crippen LogP contribution in [0.15, 0.2) is 24.3 Å². The van der Waals surface area contributed by atoms with Crippen LogP contribution in [0, 0.1) is 5.92 Å². The normalized spacial score (nSPS) is 14.7. The van der Waals surface area contributed by atoms with Gasteiger partial charge in [-0.3, -0.25) is 0 Å². The summed E-state index contributed by atoms with van der Waals surface area (Å²) in [5.41, 5.74) is 1.49. The topological polar surface area (TPSA) is 3.24 Å². The first-order valence-corrected chi connectivity index (χ1v) is 4.99. The van der Waals surface area contributed by atoms with Gasteiger partial charge < -0.3 is 4.90 Å². The van der Waals surface area contributed by atoms with Gasteiger partial charge in [-0.05, 0) is 39.8 Å². The molecule has 1 heteroatoms. The van der Waals surface area contributed by atoms with E-state index in [2.05, 4.69) is 45.5 Å². The third-order valence-electron chi connectivity index (χ3n) is 2.20. The zero-order valence-electron chi connectivity index (χ0n) is 9.51. The fourth-order valence-corrected chi connectivity index (χ4v) is 1.01. The van der Waals surface area contributed by atoms with Gasteiger partial charge in [0.05, 0.1) is 0 Å². The van der Waals surface area contributed by atoms with Gasteiger partial charge in [0.2, 0.25) is 0 Å². The SMILES string of the molecule is C=CC(C)CC/C(C)=C/CN(C)C. The second-order valence-electron chi connectivity index (χ2n) is 4.06. The van der Waals surface area contributed by atoms with E-state index in [0.717, 1.165) is 6.54 Å². The quantitative estimate of drug-likeness (QED) is 0.569. The second-order valence-corrected chi connectivity index (χ2v) is 4.06. The van der Waals surface area contributed by atoms with E-state index in [1.165, 1.54) is 18.4 Å². The molecular formula is C12H23N. The average molecular weight is 181 g/mol. The standard InChI is InChI=1S/C12H23N/c1-6-11(2)7-8-12(3)9-10-13(4)5/h6,9,11H,1,7-8,10H2,2-5H3/b12-9+. The Morgan fingerprint density at radius 3 is 2.54 bits per heavy atom. The van der Waals surface area contributed by atoms with Crippen LogP contribution < -0.4 is 0 Å². The van der Waals surface area contributed by atoms with Crippen molar-refractivity contribution in [2.75, 3.05) is 20.6 Å². The Balaban J connectivity index is 3.66. The van der Waals surface area contributed by atoms with Crippen molar-refractivity contribution >= 4 is 0 Å². The van der Waals surface area contributed by atoms with Gasteiger partial charge in [0.25, 0.3) is 0 Å². The van der Waals surface area contributed by atoms with Crippen LogP contribution in [0.5, 0.6) is 0 Å². The summed E-state index contributed by atoms with van der Waals surface area (Å²) in [6, 6.07) is 0. The van der Waals surface area contributed by atoms with Crippen molar-refractivity contribution in [2.45, 2.75) is 26.7 Å². The molecule has 1 unspecified atom stereocenters. The molecule has 0 aliphatic carbocycles. The molecule has 13 heavy (non-hydrogen) atoms. The predicted molar refractivity (Wildman–Crippen MR) is 60.9 cm³/mol. The van der Waals surface area contributed by atoms with E-state index in [1.54, 1.807) is 0 Å². The highest BCUT2D eigenvalue weighted by molar-refractivity contribution is 4.99. The Kier molecular flexibility index (Phi) is 6.61. The summed E-state index contributed by atoms with van der Waals surface area (Å²) in [7, 11) is 4.19. The second kappa shape index (κ2) is 6.90. The van der Waals surface area contributed by atoms with Crippen LogP contribution in [-0.2, 0) is 0 Å². The molecule has 76 valence electrons. The molecule has 0 aromatic carbocycles. The molecule has 0 aliphatic heterocycles. The first-order chi connectivity index (χ1) is 6.06. The monoisotopic (exact) mass is 181 g/mol. The molecule has 0 N–H and O–H groups in total. The molecule has 0 aliphatic rings. The van der Waals surface area contributed by atoms with Crippen LogP contribution in [0.3, 0.4) is 0 Å². The molecule has 0 bridgehead atoms. The van der Waals surface area contributed by atoms with Crippen molar-refractivity contribution in [2.24, 2.45) is 5.92 Å². The maximum Gasteiger partial charge on any atom is 0.0159 e. The van der Waals surface area contributed by atoms with E-state index in [4.69, 9.17) is 0 Å². The van der Waals surface area contributed by atoms with Gasteiger partial charge in [0.15, 0.2) is 0 Å². The zero-order chi connectivity index (χ0) is 10.3. The van der Waals surface area contributed by atoms with Crippen LogP contribution in [-0.4, -0.2) is 25.5 Å². The first-order valence-electron chi connectivity index (χ1n) is 4.99. The van der Waals surface area contributed by atoms with Gasteiger partial charge in [-0.25, -0.2) is 0 Å². The molecular weight excluding hydrogens is 158 g/mol. The maximum atomic E-state index is 3.79. The van der Waals surface area contributed by atoms with Crippen LogP contribution in [0.2, 0.25) is 0 Å². The predicted octanol–water partition coefficient (Wildman–Crippen LogP) is 3.10. The largest absolute Gasteiger partial charge is 0.306 e. The fourth-order valence-electron chi connectivity index (χ4n) is 1.01. The number of hydrogen-bond donors (Lipinski definition) is 0. The molecule has 1 nitrogen and oxygen atoms in total. The minimum Gasteiger partial charge on any atom is -0.306 e. The summed E-state index contributed by atoms with van der Waals surface area (Å²) in [4.78, 5) is 2.18. The summed E-state index contributed by atoms with van der Waals surface area (Å²) in [6.07, 6.45) is 6.75. The van der Waals surface area contributed by atoms with E-state index < -0.39 is 0 Å². The number of nitrogens with zero attached hydrogens (tertiary/aromatic N) is 1. The highest BCUT2D eigenvalue weighted by Gasteiger charge is 1.96. The van der Waals surface area contributed by atoms with Gasteiger partial charge in [-0.15, -0.1) is 6.58 Å². The smallest absolute Gasteiger partial charge is 0.0159 e. The van der Waals surface area contributed by atoms with Crippen LogP contribution in [0.25, 0.3) is 0 Å². The Bertz CT molecular complexity index is 168. The molecule has 0 aromatic rings. The Hall–Kier alpha value is -0.560. The van der Waals surface area contributed by atoms with Crippen molar-refractivity contribution in [3.05, 3.63) is 24.3 Å². The van der Waals surface area contributed by atoms with Gasteiger partial charge in [-0.2, -0.15) is 0 Å². The van der Waals surface area contributed by atoms with E-state index in [1.807, 2.05) is 6.08 Å². The Morgan fingerprint density at radius 1 is 1.46 bits per heavy atom. The summed E-state index contributed by atoms with van der Waals surface area (Å²) in [5.74, 6) is 0.641. The highest BCUT2D eigenvalue weighted by atomic mass is 15.0. The molecule has 0 heterocycles. The molecule has 0 aromatic heterocycles. The summed E-state index contributed by atoms with van der Waals surface area (Å²) >= 11 is 0. The first kappa shape index (κ1) is 12.4. The number of hydrogen-bond acceptors (Lipinski definition) is 1. The van der Waals surface area contributed by atoms with Crippen LogP contribution >= 0.6 is 0 Å². The van der Waals surface area contributed by atoms with Gasteiger partial charge in [-0.1, -0.05) is 24.6 Å². The zero-order valence-corrected chi connectivity index (χ0v) is 9.51. The summed E-state index contributed by atoms with van der Waals surface area (Å²) in [5, 5.41) is 0. The third kappa shape index (κ3) is 7.79. The van der Waals surface area contributed by atoms with Crippen molar-refractivity contribution in [3.63, 3.8) is 0 Å². The maximum absolute atomic E-state index is 3.79. The van der Waals surface area contributed by atoms with Crippen molar-refractivity contribution < 1.29 is 0 Å². The molecule has 0 fully saturated rings. The Labute approximate surface area is 83.1 Å². The van der Waals surface area contributed by atoms with Gasteiger partial charge in [0, 0.05) is 6.54 Å². The third-order valence-corrected chi connectivity index (χ3v) is 2.20. The lowest BCUT2D eigenvalue weighted by molar-refractivity contribution is 0.454. The van der Waals surface area contributed by atoms with E-state index >= 15 is 0 Å². The fraction of sp³-hybridized carbons (Fsp3) is 0.667. The minimum atomic E-state index is 0.641. The lowest BCUT2D eigenvalue weighted by atomic mass is 10.0. The molecule has 0 amide bonds. The molecule has 0 radical (unpaired) electrons. The molecule has 1 atom stereocenters. The number of likely N-dealkylation sites (N-methyl/N-ethyl adjacent to an activating group) is 1. The number of allylic oxidation sites excluding steroid dienone is 2. The molecule has 0 rings (SSSR count). The highest BCUT2D eigenvalue weighted by Crippen LogP contribution is 2.11. The molecule has 0 saturated heterocycles. The van der Waals surface area contributed by atoms with Crippen molar-refractivity contribution in [1.82, 2.24) is 4.90 Å². The van der Waals surface area contributed by atoms with Crippen LogP contribution in [0.1, 0.15) is 26.7 Å². The lowest BCUT2D eigenvalue weighted by Gasteiger charge is -2.08. The van der Waals surface area contributed by atoms with E-state index in [-0.39, 0.29) is 0 Å². The molecule has 0 spiro atoms. The van der Waals surface area contributed by atoms with E-state index in [0.29, 0.717) is 5.92 Å². The molecule has 0 saturated carbocycles. The van der Waals surface area contributed by atoms with Crippen molar-refractivity contribution in [3.8, 4) is 0 Å². The van der Waals surface area contributed by atoms with Gasteiger partial charge >= 0.3 is 0 Å². The average Bonchev–Trinajstić information content (AvgIpc) is 2.10. The van der Waals surface area contributed by atoms with Gasteiger partial charge in [0.1, 0.15) is 0 Å². The number of rotatable bonds is 6. The summed E-state index contributed by atoms with van der Waals surface area (Å²) < 4.78 is 0. The van der Waals surface area contributed by atoms with Crippen LogP contribution in [0.4, 0.5) is 0 Å². The minimum absolute atomic E-state index is 0.641. The van der Waals surface area contributed by atoms with E-state index in [9.17, 15) is 0 Å². The van der Waals surface area contributed by atoms with Crippen molar-refractivity contribution in [1.29, 1.82) is 0 Å². The summed E-state index contributed by atoms with van der Waals surface area (Å²) in [6.45, 7) is 9.26.